The Hall–Kier alpha value is -1.92. The predicted octanol–water partition coefficient (Wildman–Crippen LogP) is 4.18. The quantitative estimate of drug-likeness (QED) is 0.884. The van der Waals surface area contributed by atoms with Gasteiger partial charge in [-0.1, -0.05) is 19.1 Å². The third-order valence-corrected chi connectivity index (χ3v) is 5.50. The zero-order chi connectivity index (χ0) is 17.2. The van der Waals surface area contributed by atoms with E-state index in [1.165, 1.54) is 37.1 Å². The van der Waals surface area contributed by atoms with Crippen LogP contribution in [0.25, 0.3) is 0 Å². The van der Waals surface area contributed by atoms with Crippen molar-refractivity contribution in [2.45, 2.75) is 50.5 Å². The molecule has 24 heavy (non-hydrogen) atoms. The fraction of sp³-hybridized carbons (Fsp3) is 0.588. The lowest BCUT2D eigenvalue weighted by atomic mass is 9.50. The van der Waals surface area contributed by atoms with Gasteiger partial charge >= 0.3 is 11.8 Å². The van der Waals surface area contributed by atoms with Crippen LogP contribution in [-0.2, 0) is 5.66 Å². The van der Waals surface area contributed by atoms with E-state index in [-0.39, 0.29) is 17.5 Å². The van der Waals surface area contributed by atoms with Gasteiger partial charge in [0.2, 0.25) is 0 Å². The first-order chi connectivity index (χ1) is 11.2. The first-order valence-electron chi connectivity index (χ1n) is 8.15. The highest BCUT2D eigenvalue weighted by Gasteiger charge is 2.65. The molecule has 1 aromatic rings. The fourth-order valence-corrected chi connectivity index (χ4v) is 4.40. The third-order valence-electron chi connectivity index (χ3n) is 5.50. The largest absolute Gasteiger partial charge is 0.442 e. The van der Waals surface area contributed by atoms with Crippen LogP contribution < -0.4 is 5.32 Å². The Balaban J connectivity index is 1.36. The molecule has 0 aromatic heterocycles. The Labute approximate surface area is 137 Å². The summed E-state index contributed by atoms with van der Waals surface area (Å²) in [6.07, 6.45) is -0.0513. The maximum absolute atomic E-state index is 12.9. The Kier molecular flexibility index (Phi) is 3.12. The molecule has 128 valence electrons. The SMILES string of the molecule is CC1CC2(C1)CC(NC(=O)c1ccc(C3(C(F)(F)F)N=N3)cc1)C2. The van der Waals surface area contributed by atoms with E-state index >= 15 is 0 Å². The van der Waals surface area contributed by atoms with Crippen LogP contribution in [0.5, 0.6) is 0 Å². The second-order valence-corrected chi connectivity index (χ2v) is 7.54. The number of hydrogen-bond acceptors (Lipinski definition) is 3. The van der Waals surface area contributed by atoms with Gasteiger partial charge in [0.05, 0.1) is 0 Å². The molecule has 7 heteroatoms. The lowest BCUT2D eigenvalue weighted by molar-refractivity contribution is -0.166. The number of alkyl halides is 3. The zero-order valence-corrected chi connectivity index (χ0v) is 13.2. The summed E-state index contributed by atoms with van der Waals surface area (Å²) in [6, 6.07) is 5.54. The third kappa shape index (κ3) is 2.32. The molecule has 0 radical (unpaired) electrons. The van der Waals surface area contributed by atoms with Crippen LogP contribution in [0.15, 0.2) is 34.5 Å². The molecule has 2 saturated carbocycles. The van der Waals surface area contributed by atoms with Crippen LogP contribution in [0.1, 0.15) is 48.5 Å². The molecule has 1 amide bonds. The maximum Gasteiger partial charge on any atom is 0.442 e. The lowest BCUT2D eigenvalue weighted by Gasteiger charge is -2.57. The summed E-state index contributed by atoms with van der Waals surface area (Å²) in [4.78, 5) is 12.2. The summed E-state index contributed by atoms with van der Waals surface area (Å²) < 4.78 is 38.8. The van der Waals surface area contributed by atoms with Crippen molar-refractivity contribution >= 4 is 5.91 Å². The van der Waals surface area contributed by atoms with Crippen LogP contribution in [0, 0.1) is 11.3 Å². The van der Waals surface area contributed by atoms with E-state index in [0.29, 0.717) is 11.0 Å². The minimum absolute atomic E-state index is 0.0578. The number of benzene rings is 1. The van der Waals surface area contributed by atoms with Crippen molar-refractivity contribution in [2.75, 3.05) is 0 Å². The van der Waals surface area contributed by atoms with E-state index in [4.69, 9.17) is 0 Å². The van der Waals surface area contributed by atoms with Gasteiger partial charge in [-0.25, -0.2) is 0 Å². The molecule has 0 bridgehead atoms. The normalized spacial score (nSPS) is 32.8. The van der Waals surface area contributed by atoms with Gasteiger partial charge in [0, 0.05) is 17.2 Å². The summed E-state index contributed by atoms with van der Waals surface area (Å²) >= 11 is 0. The highest BCUT2D eigenvalue weighted by Crippen LogP contribution is 2.58. The van der Waals surface area contributed by atoms with Crippen molar-refractivity contribution in [1.82, 2.24) is 5.32 Å². The van der Waals surface area contributed by atoms with E-state index in [1.54, 1.807) is 0 Å². The highest BCUT2D eigenvalue weighted by molar-refractivity contribution is 5.94. The van der Waals surface area contributed by atoms with Crippen molar-refractivity contribution < 1.29 is 18.0 Å². The highest BCUT2D eigenvalue weighted by atomic mass is 19.4. The van der Waals surface area contributed by atoms with Gasteiger partial charge < -0.3 is 5.32 Å². The minimum Gasteiger partial charge on any atom is -0.349 e. The summed E-state index contributed by atoms with van der Waals surface area (Å²) in [5, 5.41) is 9.28. The monoisotopic (exact) mass is 337 g/mol. The average molecular weight is 337 g/mol. The number of carbonyl (C=O) groups excluding carboxylic acids is 1. The maximum atomic E-state index is 12.9. The van der Waals surface area contributed by atoms with E-state index < -0.39 is 11.8 Å². The molecule has 1 aromatic carbocycles. The molecule has 0 unspecified atom stereocenters. The first kappa shape index (κ1) is 15.6. The van der Waals surface area contributed by atoms with Crippen molar-refractivity contribution in [1.29, 1.82) is 0 Å². The van der Waals surface area contributed by atoms with E-state index in [0.717, 1.165) is 18.8 Å². The van der Waals surface area contributed by atoms with Gasteiger partial charge in [0.25, 0.3) is 5.91 Å². The van der Waals surface area contributed by atoms with Crippen LogP contribution in [0.4, 0.5) is 13.2 Å². The molecule has 4 nitrogen and oxygen atoms in total. The van der Waals surface area contributed by atoms with Gasteiger partial charge in [-0.15, -0.1) is 10.2 Å². The van der Waals surface area contributed by atoms with E-state index in [2.05, 4.69) is 22.5 Å². The average Bonchev–Trinajstić information content (AvgIpc) is 3.24. The molecule has 0 saturated heterocycles. The van der Waals surface area contributed by atoms with Gasteiger partial charge in [-0.05, 0) is 49.1 Å². The van der Waals surface area contributed by atoms with Crippen LogP contribution >= 0.6 is 0 Å². The van der Waals surface area contributed by atoms with Crippen LogP contribution in [0.2, 0.25) is 0 Å². The number of halogens is 3. The van der Waals surface area contributed by atoms with E-state index in [1.807, 2.05) is 0 Å². The molecule has 2 fully saturated rings. The molecule has 1 spiro atoms. The molecular weight excluding hydrogens is 319 g/mol. The summed E-state index contributed by atoms with van der Waals surface area (Å²) in [7, 11) is 0. The number of carbonyl (C=O) groups is 1. The summed E-state index contributed by atoms with van der Waals surface area (Å²) in [6.45, 7) is 2.24. The minimum atomic E-state index is -4.54. The Morgan fingerprint density at radius 2 is 1.71 bits per heavy atom. The van der Waals surface area contributed by atoms with Gasteiger partial charge in [-0.3, -0.25) is 4.79 Å². The number of nitrogens with one attached hydrogen (secondary N) is 1. The van der Waals surface area contributed by atoms with Crippen LogP contribution in [0.3, 0.4) is 0 Å². The molecule has 1 heterocycles. The Morgan fingerprint density at radius 1 is 1.12 bits per heavy atom. The number of nitrogens with zero attached hydrogens (tertiary/aromatic N) is 2. The van der Waals surface area contributed by atoms with Gasteiger partial charge in [-0.2, -0.15) is 13.2 Å². The molecule has 0 atom stereocenters. The Bertz CT molecular complexity index is 691. The topological polar surface area (TPSA) is 53.8 Å². The molecule has 1 aliphatic heterocycles. The van der Waals surface area contributed by atoms with Crippen LogP contribution in [-0.4, -0.2) is 18.1 Å². The summed E-state index contributed by atoms with van der Waals surface area (Å²) in [5.41, 5.74) is -1.68. The molecule has 4 rings (SSSR count). The number of hydrogen-bond donors (Lipinski definition) is 1. The smallest absolute Gasteiger partial charge is 0.349 e. The number of amides is 1. The van der Waals surface area contributed by atoms with Crippen molar-refractivity contribution in [2.24, 2.45) is 21.6 Å². The summed E-state index contributed by atoms with van der Waals surface area (Å²) in [5.74, 6) is 0.549. The van der Waals surface area contributed by atoms with Gasteiger partial charge in [0.15, 0.2) is 0 Å². The van der Waals surface area contributed by atoms with Crippen molar-refractivity contribution in [3.05, 3.63) is 35.4 Å². The van der Waals surface area contributed by atoms with Crippen molar-refractivity contribution in [3.8, 4) is 0 Å². The molecule has 1 N–H and O–H groups in total. The molecule has 3 aliphatic rings. The second-order valence-electron chi connectivity index (χ2n) is 7.54. The second kappa shape index (κ2) is 4.80. The zero-order valence-electron chi connectivity index (χ0n) is 13.2. The first-order valence-corrected chi connectivity index (χ1v) is 8.15. The van der Waals surface area contributed by atoms with Gasteiger partial charge in [0.1, 0.15) is 0 Å². The fourth-order valence-electron chi connectivity index (χ4n) is 4.40. The Morgan fingerprint density at radius 3 is 2.17 bits per heavy atom. The lowest BCUT2D eigenvalue weighted by Crippen LogP contribution is -2.55. The standard InChI is InChI=1S/C17H18F3N3O/c1-10-6-15(7-10)8-13(9-15)21-14(24)11-2-4-12(5-3-11)16(22-23-16)17(18,19)20/h2-5,10,13H,6-9H2,1H3,(H,21,24). The molecule has 2 aliphatic carbocycles. The van der Waals surface area contributed by atoms with Crippen molar-refractivity contribution in [3.63, 3.8) is 0 Å². The molecular formula is C17H18F3N3O. The number of rotatable bonds is 3. The van der Waals surface area contributed by atoms with E-state index in [9.17, 15) is 18.0 Å². The predicted molar refractivity (Wildman–Crippen MR) is 80.4 cm³/mol.